The molecule has 5 heteroatoms. The summed E-state index contributed by atoms with van der Waals surface area (Å²) in [7, 11) is 0. The van der Waals surface area contributed by atoms with Crippen LogP contribution in [-0.2, 0) is 0 Å². The molecule has 3 nitrogen and oxygen atoms in total. The van der Waals surface area contributed by atoms with E-state index in [0.717, 1.165) is 11.5 Å². The van der Waals surface area contributed by atoms with Crippen molar-refractivity contribution >= 4 is 34.0 Å². The summed E-state index contributed by atoms with van der Waals surface area (Å²) in [5.41, 5.74) is 6.96. The number of rotatable bonds is 3. The highest BCUT2D eigenvalue weighted by Gasteiger charge is 2.12. The fraction of sp³-hybridized carbons (Fsp3) is 0.231. The molecule has 96 valence electrons. The predicted molar refractivity (Wildman–Crippen MR) is 79.0 cm³/mol. The van der Waals surface area contributed by atoms with Crippen molar-refractivity contribution in [3.05, 3.63) is 45.2 Å². The third-order valence-corrected chi connectivity index (χ3v) is 3.48. The molecular formula is C13H14FIN2O. The van der Waals surface area contributed by atoms with Crippen molar-refractivity contribution in [1.82, 2.24) is 0 Å². The first-order valence-corrected chi connectivity index (χ1v) is 6.62. The van der Waals surface area contributed by atoms with Gasteiger partial charge in [0.05, 0.1) is 21.0 Å². The SMILES string of the molecule is Cc1ccc(C(C)Nc2cc(F)c(I)cc2N)o1. The molecule has 1 atom stereocenters. The van der Waals surface area contributed by atoms with E-state index in [2.05, 4.69) is 5.32 Å². The minimum Gasteiger partial charge on any atom is -0.464 e. The van der Waals surface area contributed by atoms with Crippen LogP contribution in [0.25, 0.3) is 0 Å². The molecule has 2 aromatic rings. The van der Waals surface area contributed by atoms with Crippen LogP contribution in [-0.4, -0.2) is 0 Å². The molecule has 3 N–H and O–H groups in total. The quantitative estimate of drug-likeness (QED) is 0.641. The Kier molecular flexibility index (Phi) is 3.79. The summed E-state index contributed by atoms with van der Waals surface area (Å²) < 4.78 is 19.5. The summed E-state index contributed by atoms with van der Waals surface area (Å²) in [5.74, 6) is 1.36. The number of nitrogens with two attached hydrogens (primary N) is 1. The monoisotopic (exact) mass is 360 g/mol. The third kappa shape index (κ3) is 2.77. The van der Waals surface area contributed by atoms with Crippen molar-refractivity contribution in [3.63, 3.8) is 0 Å². The Labute approximate surface area is 119 Å². The second-order valence-electron chi connectivity index (χ2n) is 4.17. The van der Waals surface area contributed by atoms with E-state index in [9.17, 15) is 4.39 Å². The standard InChI is InChI=1S/C13H14FIN2O/c1-7-3-4-13(18-7)8(2)17-12-5-9(14)10(15)6-11(12)16/h3-6,8,17H,16H2,1-2H3. The number of halogens is 2. The largest absolute Gasteiger partial charge is 0.464 e. The first-order chi connectivity index (χ1) is 8.47. The van der Waals surface area contributed by atoms with Crippen molar-refractivity contribution in [3.8, 4) is 0 Å². The molecule has 0 spiro atoms. The van der Waals surface area contributed by atoms with Gasteiger partial charge >= 0.3 is 0 Å². The summed E-state index contributed by atoms with van der Waals surface area (Å²) in [5, 5.41) is 3.15. The lowest BCUT2D eigenvalue weighted by atomic mass is 10.2. The molecule has 1 aromatic heterocycles. The Morgan fingerprint density at radius 3 is 2.72 bits per heavy atom. The maximum atomic E-state index is 13.5. The van der Waals surface area contributed by atoms with Gasteiger partial charge in [-0.3, -0.25) is 0 Å². The van der Waals surface area contributed by atoms with Crippen LogP contribution >= 0.6 is 22.6 Å². The molecular weight excluding hydrogens is 346 g/mol. The van der Waals surface area contributed by atoms with Crippen LogP contribution in [0.3, 0.4) is 0 Å². The van der Waals surface area contributed by atoms with Crippen LogP contribution in [0.5, 0.6) is 0 Å². The van der Waals surface area contributed by atoms with Gasteiger partial charge in [0.15, 0.2) is 0 Å². The zero-order valence-electron chi connectivity index (χ0n) is 10.1. The highest BCUT2D eigenvalue weighted by atomic mass is 127. The number of nitrogens with one attached hydrogen (secondary N) is 1. The van der Waals surface area contributed by atoms with Gasteiger partial charge in [-0.25, -0.2) is 4.39 Å². The number of nitrogen functional groups attached to an aromatic ring is 1. The molecule has 0 saturated carbocycles. The molecule has 0 radical (unpaired) electrons. The van der Waals surface area contributed by atoms with Crippen molar-refractivity contribution < 1.29 is 8.81 Å². The number of benzene rings is 1. The van der Waals surface area contributed by atoms with Gasteiger partial charge in [0.2, 0.25) is 0 Å². The number of aryl methyl sites for hydroxylation is 1. The van der Waals surface area contributed by atoms with Gasteiger partial charge < -0.3 is 15.5 Å². The molecule has 0 aliphatic carbocycles. The van der Waals surface area contributed by atoms with E-state index in [0.29, 0.717) is 14.9 Å². The second kappa shape index (κ2) is 5.17. The van der Waals surface area contributed by atoms with Crippen LogP contribution in [0.1, 0.15) is 24.5 Å². The van der Waals surface area contributed by atoms with Crippen LogP contribution < -0.4 is 11.1 Å². The molecule has 0 saturated heterocycles. The molecule has 0 fully saturated rings. The van der Waals surface area contributed by atoms with E-state index in [-0.39, 0.29) is 11.9 Å². The highest BCUT2D eigenvalue weighted by molar-refractivity contribution is 14.1. The first-order valence-electron chi connectivity index (χ1n) is 5.54. The van der Waals surface area contributed by atoms with E-state index in [1.54, 1.807) is 6.07 Å². The number of anilines is 2. The van der Waals surface area contributed by atoms with Crippen molar-refractivity contribution in [1.29, 1.82) is 0 Å². The van der Waals surface area contributed by atoms with Crippen molar-refractivity contribution in [2.45, 2.75) is 19.9 Å². The maximum absolute atomic E-state index is 13.5. The van der Waals surface area contributed by atoms with Crippen molar-refractivity contribution in [2.75, 3.05) is 11.1 Å². The van der Waals surface area contributed by atoms with Gasteiger partial charge in [0.1, 0.15) is 17.3 Å². The summed E-state index contributed by atoms with van der Waals surface area (Å²) in [6.45, 7) is 3.82. The smallest absolute Gasteiger partial charge is 0.138 e. The average molecular weight is 360 g/mol. The third-order valence-electron chi connectivity index (χ3n) is 2.65. The Bertz CT molecular complexity index is 568. The van der Waals surface area contributed by atoms with Gasteiger partial charge in [-0.1, -0.05) is 0 Å². The Morgan fingerprint density at radius 2 is 2.11 bits per heavy atom. The molecule has 1 heterocycles. The number of hydrogen-bond acceptors (Lipinski definition) is 3. The summed E-state index contributed by atoms with van der Waals surface area (Å²) in [6, 6.07) is 6.74. The summed E-state index contributed by atoms with van der Waals surface area (Å²) in [6.07, 6.45) is 0. The topological polar surface area (TPSA) is 51.2 Å². The molecule has 0 amide bonds. The zero-order chi connectivity index (χ0) is 13.3. The molecule has 0 aliphatic rings. The fourth-order valence-electron chi connectivity index (χ4n) is 1.68. The fourth-order valence-corrected chi connectivity index (χ4v) is 2.17. The maximum Gasteiger partial charge on any atom is 0.138 e. The lowest BCUT2D eigenvalue weighted by Gasteiger charge is -2.15. The Morgan fingerprint density at radius 1 is 1.39 bits per heavy atom. The van der Waals surface area contributed by atoms with E-state index in [1.807, 2.05) is 48.6 Å². The second-order valence-corrected chi connectivity index (χ2v) is 5.33. The van der Waals surface area contributed by atoms with Gasteiger partial charge in [-0.2, -0.15) is 0 Å². The van der Waals surface area contributed by atoms with Crippen LogP contribution in [0.15, 0.2) is 28.7 Å². The molecule has 0 aliphatic heterocycles. The summed E-state index contributed by atoms with van der Waals surface area (Å²) in [4.78, 5) is 0. The zero-order valence-corrected chi connectivity index (χ0v) is 12.3. The van der Waals surface area contributed by atoms with Gasteiger partial charge in [0.25, 0.3) is 0 Å². The molecule has 1 unspecified atom stereocenters. The van der Waals surface area contributed by atoms with Gasteiger partial charge in [0, 0.05) is 6.07 Å². The van der Waals surface area contributed by atoms with Crippen LogP contribution in [0.2, 0.25) is 0 Å². The number of hydrogen-bond donors (Lipinski definition) is 2. The first kappa shape index (κ1) is 13.2. The lowest BCUT2D eigenvalue weighted by Crippen LogP contribution is -2.08. The highest BCUT2D eigenvalue weighted by Crippen LogP contribution is 2.28. The minimum absolute atomic E-state index is 0.0690. The lowest BCUT2D eigenvalue weighted by molar-refractivity contribution is 0.467. The number of furan rings is 1. The Hall–Kier alpha value is -1.24. The van der Waals surface area contributed by atoms with E-state index in [1.165, 1.54) is 6.07 Å². The van der Waals surface area contributed by atoms with E-state index >= 15 is 0 Å². The van der Waals surface area contributed by atoms with Gasteiger partial charge in [-0.15, -0.1) is 0 Å². The van der Waals surface area contributed by atoms with Crippen LogP contribution in [0, 0.1) is 16.3 Å². The molecule has 0 bridgehead atoms. The molecule has 2 rings (SSSR count). The van der Waals surface area contributed by atoms with E-state index < -0.39 is 0 Å². The average Bonchev–Trinajstić information content (AvgIpc) is 2.73. The van der Waals surface area contributed by atoms with Crippen molar-refractivity contribution in [2.24, 2.45) is 0 Å². The minimum atomic E-state index is -0.282. The molecule has 18 heavy (non-hydrogen) atoms. The van der Waals surface area contributed by atoms with Gasteiger partial charge in [-0.05, 0) is 54.6 Å². The summed E-state index contributed by atoms with van der Waals surface area (Å²) >= 11 is 1.91. The predicted octanol–water partition coefficient (Wildman–Crippen LogP) is 4.09. The normalized spacial score (nSPS) is 12.4. The van der Waals surface area contributed by atoms with E-state index in [4.69, 9.17) is 10.2 Å². The molecule has 1 aromatic carbocycles. The van der Waals surface area contributed by atoms with Crippen LogP contribution in [0.4, 0.5) is 15.8 Å². The Balaban J connectivity index is 2.21.